The Balaban J connectivity index is 1.61. The van der Waals surface area contributed by atoms with Gasteiger partial charge in [0, 0.05) is 44.1 Å². The van der Waals surface area contributed by atoms with Gasteiger partial charge in [0.15, 0.2) is 0 Å². The lowest BCUT2D eigenvalue weighted by molar-refractivity contribution is -0.0390. The normalized spacial score (nSPS) is 27.6. The van der Waals surface area contributed by atoms with Gasteiger partial charge in [-0.3, -0.25) is 9.69 Å². The number of fused-ring (bicyclic) bond motifs is 2. The Kier molecular flexibility index (Phi) is 3.09. The van der Waals surface area contributed by atoms with Gasteiger partial charge >= 0.3 is 0 Å². The maximum Gasteiger partial charge on any atom is 0.250 e. The van der Waals surface area contributed by atoms with Crippen molar-refractivity contribution in [1.82, 2.24) is 9.47 Å². The lowest BCUT2D eigenvalue weighted by Gasteiger charge is -2.32. The summed E-state index contributed by atoms with van der Waals surface area (Å²) in [6.07, 6.45) is 4.89. The molecule has 0 radical (unpaired) electrons. The van der Waals surface area contributed by atoms with Crippen LogP contribution in [0.3, 0.4) is 0 Å². The predicted octanol–water partition coefficient (Wildman–Crippen LogP) is 0.294. The number of hydrogen-bond donors (Lipinski definition) is 1. The molecule has 3 heterocycles. The summed E-state index contributed by atoms with van der Waals surface area (Å²) in [5, 5.41) is 0. The van der Waals surface area contributed by atoms with Gasteiger partial charge in [0.05, 0.1) is 12.2 Å². The van der Waals surface area contributed by atoms with Crippen molar-refractivity contribution in [3.8, 4) is 0 Å². The van der Waals surface area contributed by atoms with Crippen LogP contribution in [0.25, 0.3) is 0 Å². The molecule has 2 N–H and O–H groups in total. The molecular formula is C13H19N3O2. The first-order valence-corrected chi connectivity index (χ1v) is 6.54. The molecule has 2 bridgehead atoms. The van der Waals surface area contributed by atoms with Gasteiger partial charge in [-0.15, -0.1) is 0 Å². The molecule has 0 aromatic carbocycles. The molecular weight excluding hydrogens is 230 g/mol. The lowest BCUT2D eigenvalue weighted by Crippen LogP contribution is -2.44. The van der Waals surface area contributed by atoms with Crippen molar-refractivity contribution < 1.29 is 4.74 Å². The third-order valence-corrected chi connectivity index (χ3v) is 3.78. The Labute approximate surface area is 106 Å². The number of nitrogens with two attached hydrogens (primary N) is 1. The molecule has 2 atom stereocenters. The van der Waals surface area contributed by atoms with Crippen LogP contribution < -0.4 is 11.3 Å². The summed E-state index contributed by atoms with van der Waals surface area (Å²) >= 11 is 0. The summed E-state index contributed by atoms with van der Waals surface area (Å²) in [4.78, 5) is 14.0. The first-order chi connectivity index (χ1) is 8.70. The summed E-state index contributed by atoms with van der Waals surface area (Å²) in [5.74, 6) is 0. The van der Waals surface area contributed by atoms with Crippen LogP contribution >= 0.6 is 0 Å². The average molecular weight is 249 g/mol. The molecule has 0 saturated carbocycles. The van der Waals surface area contributed by atoms with E-state index in [1.165, 1.54) is 18.9 Å². The number of pyridine rings is 1. The summed E-state index contributed by atoms with van der Waals surface area (Å²) in [5.41, 5.74) is 6.35. The van der Waals surface area contributed by atoms with E-state index < -0.39 is 0 Å². The van der Waals surface area contributed by atoms with Crippen molar-refractivity contribution in [2.45, 2.75) is 31.6 Å². The number of aromatic nitrogens is 1. The number of nitrogen functional groups attached to an aromatic ring is 1. The number of ether oxygens (including phenoxy) is 1. The van der Waals surface area contributed by atoms with Crippen LogP contribution in [0.5, 0.6) is 0 Å². The molecule has 18 heavy (non-hydrogen) atoms. The largest absolute Gasteiger partial charge is 0.398 e. The predicted molar refractivity (Wildman–Crippen MR) is 69.4 cm³/mol. The monoisotopic (exact) mass is 249 g/mol. The lowest BCUT2D eigenvalue weighted by atomic mass is 10.2. The van der Waals surface area contributed by atoms with Crippen molar-refractivity contribution in [2.75, 3.05) is 25.4 Å². The Hall–Kier alpha value is -1.33. The minimum Gasteiger partial charge on any atom is -0.398 e. The van der Waals surface area contributed by atoms with Crippen LogP contribution in [0.2, 0.25) is 0 Å². The highest BCUT2D eigenvalue weighted by Crippen LogP contribution is 2.25. The highest BCUT2D eigenvalue weighted by atomic mass is 16.5. The highest BCUT2D eigenvalue weighted by Gasteiger charge is 2.33. The van der Waals surface area contributed by atoms with E-state index in [0.717, 1.165) is 19.6 Å². The molecule has 1 aromatic rings. The number of nitrogens with zero attached hydrogens (tertiary/aromatic N) is 2. The third kappa shape index (κ3) is 2.42. The quantitative estimate of drug-likeness (QED) is 0.836. The van der Waals surface area contributed by atoms with E-state index >= 15 is 0 Å². The van der Waals surface area contributed by atoms with Crippen LogP contribution in [-0.2, 0) is 11.3 Å². The number of rotatable bonds is 3. The van der Waals surface area contributed by atoms with Crippen LogP contribution in [0.15, 0.2) is 23.1 Å². The minimum atomic E-state index is 0.0143. The van der Waals surface area contributed by atoms with Crippen molar-refractivity contribution >= 4 is 5.69 Å². The zero-order valence-electron chi connectivity index (χ0n) is 10.4. The van der Waals surface area contributed by atoms with Gasteiger partial charge in [-0.1, -0.05) is 0 Å². The fraction of sp³-hybridized carbons (Fsp3) is 0.615. The van der Waals surface area contributed by atoms with Crippen LogP contribution in [0.4, 0.5) is 5.69 Å². The second-order valence-electron chi connectivity index (χ2n) is 5.21. The molecule has 2 saturated heterocycles. The second kappa shape index (κ2) is 4.74. The Morgan fingerprint density at radius 3 is 2.67 bits per heavy atom. The molecule has 0 aliphatic carbocycles. The number of morpholine rings is 1. The van der Waals surface area contributed by atoms with Crippen LogP contribution in [0, 0.1) is 0 Å². The Morgan fingerprint density at radius 2 is 1.94 bits per heavy atom. The third-order valence-electron chi connectivity index (χ3n) is 3.78. The van der Waals surface area contributed by atoms with E-state index in [2.05, 4.69) is 4.90 Å². The Morgan fingerprint density at radius 1 is 1.22 bits per heavy atom. The fourth-order valence-electron chi connectivity index (χ4n) is 2.86. The van der Waals surface area contributed by atoms with Gasteiger partial charge in [-0.2, -0.15) is 0 Å². The molecule has 2 unspecified atom stereocenters. The summed E-state index contributed by atoms with van der Waals surface area (Å²) in [7, 11) is 0. The molecule has 0 amide bonds. The van der Waals surface area contributed by atoms with Crippen molar-refractivity contribution in [1.29, 1.82) is 0 Å². The zero-order chi connectivity index (χ0) is 12.5. The van der Waals surface area contributed by atoms with Gasteiger partial charge in [0.25, 0.3) is 5.56 Å². The van der Waals surface area contributed by atoms with Crippen molar-refractivity contribution in [2.24, 2.45) is 0 Å². The summed E-state index contributed by atoms with van der Waals surface area (Å²) in [6, 6.07) is 3.17. The molecule has 2 aliphatic heterocycles. The summed E-state index contributed by atoms with van der Waals surface area (Å²) in [6.45, 7) is 3.57. The van der Waals surface area contributed by atoms with E-state index in [1.807, 2.05) is 0 Å². The van der Waals surface area contributed by atoms with E-state index in [-0.39, 0.29) is 5.56 Å². The minimum absolute atomic E-state index is 0.0143. The maximum atomic E-state index is 11.6. The second-order valence-corrected chi connectivity index (χ2v) is 5.21. The fourth-order valence-corrected chi connectivity index (χ4v) is 2.86. The SMILES string of the molecule is Nc1ccc(=O)n(CCN2CC3CCC(C2)O3)c1. The summed E-state index contributed by atoms with van der Waals surface area (Å²) < 4.78 is 7.48. The van der Waals surface area contributed by atoms with Gasteiger partial charge in [-0.05, 0) is 18.9 Å². The Bertz CT molecular complexity index is 473. The first-order valence-electron chi connectivity index (χ1n) is 6.54. The van der Waals surface area contributed by atoms with Gasteiger partial charge < -0.3 is 15.0 Å². The molecule has 0 spiro atoms. The molecule has 1 aromatic heterocycles. The number of hydrogen-bond acceptors (Lipinski definition) is 4. The van der Waals surface area contributed by atoms with E-state index in [9.17, 15) is 4.79 Å². The first kappa shape index (κ1) is 11.7. The molecule has 98 valence electrons. The standard InChI is InChI=1S/C13H19N3O2/c14-10-1-4-13(17)16(7-10)6-5-15-8-11-2-3-12(9-15)18-11/h1,4,7,11-12H,2-3,5-6,8-9,14H2. The van der Waals surface area contributed by atoms with Crippen molar-refractivity contribution in [3.05, 3.63) is 28.7 Å². The number of anilines is 1. The maximum absolute atomic E-state index is 11.6. The average Bonchev–Trinajstić information content (AvgIpc) is 2.70. The van der Waals surface area contributed by atoms with Gasteiger partial charge in [-0.25, -0.2) is 0 Å². The van der Waals surface area contributed by atoms with Gasteiger partial charge in [0.2, 0.25) is 0 Å². The van der Waals surface area contributed by atoms with Gasteiger partial charge in [0.1, 0.15) is 0 Å². The van der Waals surface area contributed by atoms with Crippen LogP contribution in [0.1, 0.15) is 12.8 Å². The molecule has 5 nitrogen and oxygen atoms in total. The topological polar surface area (TPSA) is 60.5 Å². The zero-order valence-corrected chi connectivity index (χ0v) is 10.4. The molecule has 2 fully saturated rings. The molecule has 2 aliphatic rings. The van der Waals surface area contributed by atoms with E-state index in [0.29, 0.717) is 24.4 Å². The highest BCUT2D eigenvalue weighted by molar-refractivity contribution is 5.33. The van der Waals surface area contributed by atoms with Crippen LogP contribution in [-0.4, -0.2) is 41.3 Å². The number of likely N-dealkylation sites (tertiary alicyclic amines) is 1. The van der Waals surface area contributed by atoms with E-state index in [1.54, 1.807) is 16.8 Å². The molecule has 5 heteroatoms. The van der Waals surface area contributed by atoms with Crippen molar-refractivity contribution in [3.63, 3.8) is 0 Å². The molecule has 3 rings (SSSR count). The van der Waals surface area contributed by atoms with E-state index in [4.69, 9.17) is 10.5 Å². The smallest absolute Gasteiger partial charge is 0.250 e.